The SMILES string of the molecule is CCCC(CCC)Nc1c(CNC(=O)c2cccc(C(=O)O)c2)c(CC)nc2c1cnn2CC. The first-order valence-electron chi connectivity index (χ1n) is 12.2. The van der Waals surface area contributed by atoms with Crippen molar-refractivity contribution in [2.75, 3.05) is 5.32 Å². The van der Waals surface area contributed by atoms with E-state index in [4.69, 9.17) is 4.98 Å². The number of carboxylic acids is 1. The second kappa shape index (κ2) is 11.6. The molecule has 0 aliphatic carbocycles. The van der Waals surface area contributed by atoms with Crippen LogP contribution in [0.15, 0.2) is 30.5 Å². The van der Waals surface area contributed by atoms with E-state index < -0.39 is 5.97 Å². The van der Waals surface area contributed by atoms with Crippen molar-refractivity contribution in [3.63, 3.8) is 0 Å². The Morgan fingerprint density at radius 3 is 2.41 bits per heavy atom. The van der Waals surface area contributed by atoms with Crippen molar-refractivity contribution in [1.82, 2.24) is 20.1 Å². The maximum absolute atomic E-state index is 12.9. The number of hydrogen-bond donors (Lipinski definition) is 3. The van der Waals surface area contributed by atoms with Gasteiger partial charge in [-0.1, -0.05) is 39.7 Å². The number of aromatic carboxylic acids is 1. The molecule has 0 fully saturated rings. The van der Waals surface area contributed by atoms with Crippen molar-refractivity contribution in [1.29, 1.82) is 0 Å². The number of amides is 1. The highest BCUT2D eigenvalue weighted by molar-refractivity contribution is 5.98. The van der Waals surface area contributed by atoms with Crippen LogP contribution in [0.4, 0.5) is 5.69 Å². The zero-order valence-electron chi connectivity index (χ0n) is 20.5. The van der Waals surface area contributed by atoms with Crippen LogP contribution in [0.5, 0.6) is 0 Å². The van der Waals surface area contributed by atoms with Gasteiger partial charge in [-0.05, 0) is 44.4 Å². The van der Waals surface area contributed by atoms with Crippen LogP contribution in [0, 0.1) is 0 Å². The van der Waals surface area contributed by atoms with Gasteiger partial charge >= 0.3 is 5.97 Å². The summed E-state index contributed by atoms with van der Waals surface area (Å²) in [6, 6.07) is 6.38. The van der Waals surface area contributed by atoms with Gasteiger partial charge in [0.25, 0.3) is 5.91 Å². The summed E-state index contributed by atoms with van der Waals surface area (Å²) in [5.41, 5.74) is 4.09. The zero-order valence-corrected chi connectivity index (χ0v) is 20.5. The Labute approximate surface area is 200 Å². The molecule has 0 saturated heterocycles. The fourth-order valence-corrected chi connectivity index (χ4v) is 4.31. The van der Waals surface area contributed by atoms with Crippen molar-refractivity contribution >= 4 is 28.6 Å². The fraction of sp³-hybridized carbons (Fsp3) is 0.462. The van der Waals surface area contributed by atoms with E-state index in [0.717, 1.165) is 60.2 Å². The third-order valence-electron chi connectivity index (χ3n) is 6.03. The summed E-state index contributed by atoms with van der Waals surface area (Å²) in [4.78, 5) is 29.1. The molecule has 2 aromatic heterocycles. The number of nitrogens with zero attached hydrogens (tertiary/aromatic N) is 3. The smallest absolute Gasteiger partial charge is 0.335 e. The Morgan fingerprint density at radius 1 is 1.09 bits per heavy atom. The molecule has 0 saturated carbocycles. The van der Waals surface area contributed by atoms with Crippen LogP contribution in [0.25, 0.3) is 11.0 Å². The monoisotopic (exact) mass is 465 g/mol. The molecule has 1 aromatic carbocycles. The van der Waals surface area contributed by atoms with Gasteiger partial charge in [-0.25, -0.2) is 14.5 Å². The lowest BCUT2D eigenvalue weighted by atomic mass is 10.0. The van der Waals surface area contributed by atoms with Crippen LogP contribution >= 0.6 is 0 Å². The highest BCUT2D eigenvalue weighted by Crippen LogP contribution is 2.31. The molecule has 182 valence electrons. The zero-order chi connectivity index (χ0) is 24.7. The number of nitrogens with one attached hydrogen (secondary N) is 2. The van der Waals surface area contributed by atoms with Gasteiger partial charge in [0.2, 0.25) is 0 Å². The maximum atomic E-state index is 12.9. The summed E-state index contributed by atoms with van der Waals surface area (Å²) in [5.74, 6) is -1.38. The van der Waals surface area contributed by atoms with E-state index in [1.165, 1.54) is 12.1 Å². The van der Waals surface area contributed by atoms with E-state index in [1.54, 1.807) is 12.1 Å². The molecule has 8 heteroatoms. The number of pyridine rings is 1. The number of hydrogen-bond acceptors (Lipinski definition) is 5. The number of benzene rings is 1. The molecule has 3 N–H and O–H groups in total. The van der Waals surface area contributed by atoms with Crippen LogP contribution in [-0.2, 0) is 19.5 Å². The van der Waals surface area contributed by atoms with Crippen molar-refractivity contribution in [2.24, 2.45) is 0 Å². The largest absolute Gasteiger partial charge is 0.478 e. The minimum atomic E-state index is -1.06. The van der Waals surface area contributed by atoms with E-state index in [9.17, 15) is 14.7 Å². The van der Waals surface area contributed by atoms with Gasteiger partial charge in [-0.3, -0.25) is 4.79 Å². The van der Waals surface area contributed by atoms with Crippen LogP contribution in [0.1, 0.15) is 85.4 Å². The molecule has 0 spiro atoms. The molecule has 0 atom stereocenters. The van der Waals surface area contributed by atoms with Crippen LogP contribution < -0.4 is 10.6 Å². The minimum absolute atomic E-state index is 0.0845. The number of fused-ring (bicyclic) bond motifs is 1. The van der Waals surface area contributed by atoms with Crippen LogP contribution in [-0.4, -0.2) is 37.8 Å². The van der Waals surface area contributed by atoms with Crippen molar-refractivity contribution in [2.45, 2.75) is 78.9 Å². The summed E-state index contributed by atoms with van der Waals surface area (Å²) in [5, 5.41) is 21.5. The van der Waals surface area contributed by atoms with Gasteiger partial charge in [0.1, 0.15) is 0 Å². The Balaban J connectivity index is 2.00. The van der Waals surface area contributed by atoms with Gasteiger partial charge < -0.3 is 15.7 Å². The summed E-state index contributed by atoms with van der Waals surface area (Å²) in [7, 11) is 0. The number of rotatable bonds is 12. The lowest BCUT2D eigenvalue weighted by molar-refractivity contribution is 0.0697. The van der Waals surface area contributed by atoms with E-state index in [0.29, 0.717) is 18.0 Å². The standard InChI is InChI=1S/C26H35N5O3/c1-5-10-19(11-6-2)29-23-20(22(7-3)30-24-21(23)16-28-31(24)8-4)15-27-25(32)17-12-9-13-18(14-17)26(33)34/h9,12-14,16,19H,5-8,10-11,15H2,1-4H3,(H,27,32)(H,29,30)(H,33,34). The number of carbonyl (C=O) groups is 2. The molecule has 0 bridgehead atoms. The molecule has 0 aliphatic rings. The number of carboxylic acid groups (broad SMARTS) is 1. The molecule has 3 aromatic rings. The number of carbonyl (C=O) groups excluding carboxylic acids is 1. The van der Waals surface area contributed by atoms with Crippen LogP contribution in [0.3, 0.4) is 0 Å². The lowest BCUT2D eigenvalue weighted by Gasteiger charge is -2.23. The molecule has 2 heterocycles. The van der Waals surface area contributed by atoms with Gasteiger partial charge in [-0.2, -0.15) is 5.10 Å². The molecule has 3 rings (SSSR count). The fourth-order valence-electron chi connectivity index (χ4n) is 4.31. The van der Waals surface area contributed by atoms with Crippen molar-refractivity contribution < 1.29 is 14.7 Å². The number of anilines is 1. The molecule has 0 unspecified atom stereocenters. The quantitative estimate of drug-likeness (QED) is 0.346. The predicted octanol–water partition coefficient (Wildman–Crippen LogP) is 5.02. The summed E-state index contributed by atoms with van der Waals surface area (Å²) in [6.07, 6.45) is 6.82. The lowest BCUT2D eigenvalue weighted by Crippen LogP contribution is -2.26. The highest BCUT2D eigenvalue weighted by Gasteiger charge is 2.20. The molecule has 1 amide bonds. The number of aryl methyl sites for hydroxylation is 2. The average Bonchev–Trinajstić information content (AvgIpc) is 3.26. The molecule has 34 heavy (non-hydrogen) atoms. The molecule has 8 nitrogen and oxygen atoms in total. The third kappa shape index (κ3) is 5.55. The van der Waals surface area contributed by atoms with E-state index in [-0.39, 0.29) is 18.0 Å². The first kappa shape index (κ1) is 25.2. The first-order valence-corrected chi connectivity index (χ1v) is 12.2. The topological polar surface area (TPSA) is 109 Å². The normalized spacial score (nSPS) is 11.2. The van der Waals surface area contributed by atoms with Gasteiger partial charge in [0.15, 0.2) is 5.65 Å². The average molecular weight is 466 g/mol. The predicted molar refractivity (Wildman–Crippen MR) is 134 cm³/mol. The van der Waals surface area contributed by atoms with Crippen molar-refractivity contribution in [3.05, 3.63) is 52.8 Å². The summed E-state index contributed by atoms with van der Waals surface area (Å²) < 4.78 is 1.90. The van der Waals surface area contributed by atoms with Gasteiger partial charge in [0.05, 0.1) is 22.8 Å². The Morgan fingerprint density at radius 2 is 1.79 bits per heavy atom. The van der Waals surface area contributed by atoms with E-state index in [1.807, 2.05) is 17.8 Å². The Kier molecular flexibility index (Phi) is 8.62. The molecular weight excluding hydrogens is 430 g/mol. The number of aromatic nitrogens is 3. The Hall–Kier alpha value is -3.42. The molecular formula is C26H35N5O3. The Bertz CT molecular complexity index is 1150. The molecule has 0 radical (unpaired) electrons. The van der Waals surface area contributed by atoms with E-state index >= 15 is 0 Å². The second-order valence-electron chi connectivity index (χ2n) is 8.45. The van der Waals surface area contributed by atoms with E-state index in [2.05, 4.69) is 36.5 Å². The molecule has 0 aliphatic heterocycles. The minimum Gasteiger partial charge on any atom is -0.478 e. The second-order valence-corrected chi connectivity index (χ2v) is 8.45. The highest BCUT2D eigenvalue weighted by atomic mass is 16.4. The first-order chi connectivity index (χ1) is 16.4. The van der Waals surface area contributed by atoms with Gasteiger partial charge in [-0.15, -0.1) is 0 Å². The summed E-state index contributed by atoms with van der Waals surface area (Å²) >= 11 is 0. The third-order valence-corrected chi connectivity index (χ3v) is 6.03. The van der Waals surface area contributed by atoms with Crippen molar-refractivity contribution in [3.8, 4) is 0 Å². The summed E-state index contributed by atoms with van der Waals surface area (Å²) in [6.45, 7) is 9.48. The van der Waals surface area contributed by atoms with Gasteiger partial charge in [0, 0.05) is 36.0 Å². The maximum Gasteiger partial charge on any atom is 0.335 e. The van der Waals surface area contributed by atoms with Crippen LogP contribution in [0.2, 0.25) is 0 Å².